The maximum atomic E-state index is 10.6. The van der Waals surface area contributed by atoms with E-state index < -0.39 is 0 Å². The fraction of sp³-hybridized carbons (Fsp3) is 0.200. The molecule has 0 saturated heterocycles. The summed E-state index contributed by atoms with van der Waals surface area (Å²) in [6.07, 6.45) is 2.04. The molecule has 0 aromatic heterocycles. The third-order valence-electron chi connectivity index (χ3n) is 3.06. The fourth-order valence-electron chi connectivity index (χ4n) is 1.93. The Bertz CT molecular complexity index is 599. The fourth-order valence-corrected chi connectivity index (χ4v) is 2.39. The van der Waals surface area contributed by atoms with Crippen molar-refractivity contribution in [1.29, 1.82) is 0 Å². The van der Waals surface area contributed by atoms with E-state index in [1.807, 2.05) is 25.3 Å². The van der Waals surface area contributed by atoms with Gasteiger partial charge in [0.05, 0.1) is 4.92 Å². The summed E-state index contributed by atoms with van der Waals surface area (Å²) in [5, 5.41) is 14.0. The zero-order valence-electron chi connectivity index (χ0n) is 11.4. The molecule has 104 valence electrons. The van der Waals surface area contributed by atoms with E-state index in [1.54, 1.807) is 23.9 Å². The van der Waals surface area contributed by atoms with Crippen molar-refractivity contribution in [2.24, 2.45) is 0 Å². The second kappa shape index (κ2) is 6.43. The van der Waals surface area contributed by atoms with Gasteiger partial charge in [0.1, 0.15) is 0 Å². The minimum Gasteiger partial charge on any atom is -0.378 e. The summed E-state index contributed by atoms with van der Waals surface area (Å²) in [6.45, 7) is 2.03. The Kier molecular flexibility index (Phi) is 4.63. The number of hydrogen-bond acceptors (Lipinski definition) is 4. The van der Waals surface area contributed by atoms with Gasteiger partial charge in [0, 0.05) is 28.8 Å². The highest BCUT2D eigenvalue weighted by molar-refractivity contribution is 7.98. The van der Waals surface area contributed by atoms with Crippen LogP contribution in [0.2, 0.25) is 0 Å². The number of thioether (sulfide) groups is 1. The first kappa shape index (κ1) is 14.4. The summed E-state index contributed by atoms with van der Waals surface area (Å²) in [7, 11) is 0. The maximum absolute atomic E-state index is 10.6. The van der Waals surface area contributed by atoms with Gasteiger partial charge in [0.2, 0.25) is 0 Å². The second-order valence-electron chi connectivity index (χ2n) is 4.45. The number of nitro benzene ring substituents is 1. The Morgan fingerprint density at radius 1 is 1.20 bits per heavy atom. The SMILES string of the molecule is CSc1cccc(NC(C)c2ccc([N+](=O)[O-])cc2)c1. The van der Waals surface area contributed by atoms with Crippen LogP contribution in [0.1, 0.15) is 18.5 Å². The first-order chi connectivity index (χ1) is 9.60. The van der Waals surface area contributed by atoms with Gasteiger partial charge in [-0.05, 0) is 36.9 Å². The smallest absolute Gasteiger partial charge is 0.269 e. The standard InChI is InChI=1S/C15H16N2O2S/c1-11(12-6-8-14(9-7-12)17(18)19)16-13-4-3-5-15(10-13)20-2/h3-11,16H,1-2H3. The molecule has 0 amide bonds. The lowest BCUT2D eigenvalue weighted by Gasteiger charge is -2.16. The lowest BCUT2D eigenvalue weighted by molar-refractivity contribution is -0.384. The van der Waals surface area contributed by atoms with Crippen molar-refractivity contribution < 1.29 is 4.92 Å². The highest BCUT2D eigenvalue weighted by Gasteiger charge is 2.09. The van der Waals surface area contributed by atoms with Crippen molar-refractivity contribution in [2.45, 2.75) is 17.9 Å². The number of benzene rings is 2. The molecule has 2 aromatic rings. The van der Waals surface area contributed by atoms with E-state index in [4.69, 9.17) is 0 Å². The average Bonchev–Trinajstić information content (AvgIpc) is 2.47. The molecule has 2 aromatic carbocycles. The van der Waals surface area contributed by atoms with Crippen LogP contribution in [0.3, 0.4) is 0 Å². The number of rotatable bonds is 5. The number of nitrogens with one attached hydrogen (secondary N) is 1. The van der Waals surface area contributed by atoms with Gasteiger partial charge in [-0.2, -0.15) is 0 Å². The predicted molar refractivity (Wildman–Crippen MR) is 83.4 cm³/mol. The number of non-ortho nitro benzene ring substituents is 1. The van der Waals surface area contributed by atoms with Crippen LogP contribution < -0.4 is 5.32 Å². The Morgan fingerprint density at radius 3 is 2.50 bits per heavy atom. The Hall–Kier alpha value is -2.01. The quantitative estimate of drug-likeness (QED) is 0.500. The van der Waals surface area contributed by atoms with Gasteiger partial charge in [-0.25, -0.2) is 0 Å². The summed E-state index contributed by atoms with van der Waals surface area (Å²) in [5.74, 6) is 0. The minimum atomic E-state index is -0.385. The van der Waals surface area contributed by atoms with Crippen LogP contribution in [0.25, 0.3) is 0 Å². The molecule has 0 saturated carbocycles. The van der Waals surface area contributed by atoms with Crippen LogP contribution in [0.5, 0.6) is 0 Å². The zero-order valence-corrected chi connectivity index (χ0v) is 12.2. The van der Waals surface area contributed by atoms with Crippen LogP contribution in [-0.4, -0.2) is 11.2 Å². The molecule has 5 heteroatoms. The maximum Gasteiger partial charge on any atom is 0.269 e. The van der Waals surface area contributed by atoms with E-state index >= 15 is 0 Å². The van der Waals surface area contributed by atoms with E-state index in [-0.39, 0.29) is 16.7 Å². The van der Waals surface area contributed by atoms with Crippen molar-refractivity contribution in [3.63, 3.8) is 0 Å². The monoisotopic (exact) mass is 288 g/mol. The van der Waals surface area contributed by atoms with Crippen LogP contribution in [0.4, 0.5) is 11.4 Å². The molecule has 0 aliphatic carbocycles. The van der Waals surface area contributed by atoms with Gasteiger partial charge in [0.25, 0.3) is 5.69 Å². The Morgan fingerprint density at radius 2 is 1.90 bits per heavy atom. The molecule has 1 atom stereocenters. The van der Waals surface area contributed by atoms with E-state index in [0.29, 0.717) is 0 Å². The van der Waals surface area contributed by atoms with E-state index in [0.717, 1.165) is 11.3 Å². The van der Waals surface area contributed by atoms with Crippen LogP contribution in [0, 0.1) is 10.1 Å². The topological polar surface area (TPSA) is 55.2 Å². The number of nitro groups is 1. The van der Waals surface area contributed by atoms with Gasteiger partial charge < -0.3 is 5.32 Å². The van der Waals surface area contributed by atoms with Crippen LogP contribution in [-0.2, 0) is 0 Å². The molecule has 2 rings (SSSR count). The number of nitrogens with zero attached hydrogens (tertiary/aromatic N) is 1. The molecule has 4 nitrogen and oxygen atoms in total. The first-order valence-electron chi connectivity index (χ1n) is 6.25. The van der Waals surface area contributed by atoms with Crippen molar-refractivity contribution in [1.82, 2.24) is 0 Å². The molecule has 0 fully saturated rings. The molecule has 0 heterocycles. The van der Waals surface area contributed by atoms with Gasteiger partial charge in [-0.3, -0.25) is 10.1 Å². The summed E-state index contributed by atoms with van der Waals surface area (Å²) in [6, 6.07) is 14.9. The third-order valence-corrected chi connectivity index (χ3v) is 3.78. The van der Waals surface area contributed by atoms with Gasteiger partial charge in [0.15, 0.2) is 0 Å². The van der Waals surface area contributed by atoms with E-state index in [2.05, 4.69) is 17.4 Å². The minimum absolute atomic E-state index is 0.0907. The van der Waals surface area contributed by atoms with Crippen LogP contribution in [0.15, 0.2) is 53.4 Å². The van der Waals surface area contributed by atoms with Crippen molar-refractivity contribution in [2.75, 3.05) is 11.6 Å². The molecule has 1 N–H and O–H groups in total. The zero-order chi connectivity index (χ0) is 14.5. The molecule has 20 heavy (non-hydrogen) atoms. The van der Waals surface area contributed by atoms with Crippen molar-refractivity contribution >= 4 is 23.1 Å². The molecule has 0 bridgehead atoms. The van der Waals surface area contributed by atoms with Gasteiger partial charge >= 0.3 is 0 Å². The average molecular weight is 288 g/mol. The molecular weight excluding hydrogens is 272 g/mol. The normalized spacial score (nSPS) is 11.9. The largest absolute Gasteiger partial charge is 0.378 e. The molecule has 0 spiro atoms. The summed E-state index contributed by atoms with van der Waals surface area (Å²) >= 11 is 1.70. The summed E-state index contributed by atoms with van der Waals surface area (Å²) < 4.78 is 0. The number of anilines is 1. The van der Waals surface area contributed by atoms with E-state index in [9.17, 15) is 10.1 Å². The summed E-state index contributed by atoms with van der Waals surface area (Å²) in [5.41, 5.74) is 2.18. The first-order valence-corrected chi connectivity index (χ1v) is 7.47. The lowest BCUT2D eigenvalue weighted by atomic mass is 10.1. The molecule has 0 radical (unpaired) electrons. The van der Waals surface area contributed by atoms with Crippen molar-refractivity contribution in [3.8, 4) is 0 Å². The highest BCUT2D eigenvalue weighted by atomic mass is 32.2. The van der Waals surface area contributed by atoms with Crippen LogP contribution >= 0.6 is 11.8 Å². The molecule has 0 aliphatic rings. The molecule has 1 unspecified atom stereocenters. The van der Waals surface area contributed by atoms with Gasteiger partial charge in [-0.1, -0.05) is 18.2 Å². The Balaban J connectivity index is 2.10. The number of hydrogen-bond donors (Lipinski definition) is 1. The van der Waals surface area contributed by atoms with Gasteiger partial charge in [-0.15, -0.1) is 11.8 Å². The highest BCUT2D eigenvalue weighted by Crippen LogP contribution is 2.24. The third kappa shape index (κ3) is 3.51. The predicted octanol–water partition coefficient (Wildman–Crippen LogP) is 4.49. The molecule has 0 aliphatic heterocycles. The molecular formula is C15H16N2O2S. The van der Waals surface area contributed by atoms with E-state index in [1.165, 1.54) is 17.0 Å². The lowest BCUT2D eigenvalue weighted by Crippen LogP contribution is -2.06. The Labute approximate surface area is 122 Å². The van der Waals surface area contributed by atoms with Crippen molar-refractivity contribution in [3.05, 3.63) is 64.2 Å². The summed E-state index contributed by atoms with van der Waals surface area (Å²) in [4.78, 5) is 11.4. The second-order valence-corrected chi connectivity index (χ2v) is 5.33.